The molecule has 0 aliphatic heterocycles. The van der Waals surface area contributed by atoms with Crippen LogP contribution in [-0.2, 0) is 0 Å². The van der Waals surface area contributed by atoms with E-state index >= 15 is 0 Å². The first-order valence-electron chi connectivity index (χ1n) is 6.01. The third-order valence-corrected chi connectivity index (χ3v) is 3.78. The van der Waals surface area contributed by atoms with E-state index < -0.39 is 0 Å². The highest BCUT2D eigenvalue weighted by atomic mass is 79.9. The number of rotatable bonds is 3. The topological polar surface area (TPSA) is 38.0 Å². The summed E-state index contributed by atoms with van der Waals surface area (Å²) in [6.07, 6.45) is 0. The van der Waals surface area contributed by atoms with Crippen LogP contribution in [0, 0.1) is 19.7 Å². The third-order valence-electron chi connectivity index (χ3n) is 3.10. The molecule has 0 fully saturated rings. The van der Waals surface area contributed by atoms with Crippen LogP contribution in [0.4, 0.5) is 4.39 Å². The van der Waals surface area contributed by atoms with Crippen LogP contribution in [0.15, 0.2) is 40.9 Å². The van der Waals surface area contributed by atoms with Gasteiger partial charge in [0, 0.05) is 10.0 Å². The minimum Gasteiger partial charge on any atom is -0.271 e. The highest BCUT2D eigenvalue weighted by Gasteiger charge is 2.19. The quantitative estimate of drug-likeness (QED) is 0.667. The summed E-state index contributed by atoms with van der Waals surface area (Å²) in [4.78, 5) is 0. The lowest BCUT2D eigenvalue weighted by molar-refractivity contribution is 0.558. The number of nitrogens with one attached hydrogen (secondary N) is 1. The van der Waals surface area contributed by atoms with Gasteiger partial charge >= 0.3 is 0 Å². The maximum atomic E-state index is 14.0. The molecule has 2 rings (SSSR count). The van der Waals surface area contributed by atoms with Crippen LogP contribution in [-0.4, -0.2) is 0 Å². The fourth-order valence-corrected chi connectivity index (χ4v) is 2.82. The second-order valence-corrected chi connectivity index (χ2v) is 5.50. The lowest BCUT2D eigenvalue weighted by Gasteiger charge is -2.20. The number of nitrogens with two attached hydrogens (primary N) is 1. The smallest absolute Gasteiger partial charge is 0.128 e. The molecule has 0 spiro atoms. The summed E-state index contributed by atoms with van der Waals surface area (Å²) in [5.41, 5.74) is 6.29. The van der Waals surface area contributed by atoms with E-state index in [-0.39, 0.29) is 11.9 Å². The number of halogens is 2. The average Bonchev–Trinajstić information content (AvgIpc) is 2.36. The molecule has 0 bridgehead atoms. The van der Waals surface area contributed by atoms with E-state index in [4.69, 9.17) is 5.84 Å². The Bertz CT molecular complexity index is 599. The first kappa shape index (κ1) is 14.2. The fourth-order valence-electron chi connectivity index (χ4n) is 2.10. The monoisotopic (exact) mass is 322 g/mol. The van der Waals surface area contributed by atoms with Crippen molar-refractivity contribution in [1.29, 1.82) is 0 Å². The van der Waals surface area contributed by atoms with Crippen molar-refractivity contribution in [2.24, 2.45) is 5.84 Å². The molecule has 4 heteroatoms. The van der Waals surface area contributed by atoms with Gasteiger partial charge in [-0.25, -0.2) is 9.82 Å². The molecular weight excluding hydrogens is 307 g/mol. The molecule has 0 saturated heterocycles. The zero-order chi connectivity index (χ0) is 14.0. The minimum atomic E-state index is -0.380. The molecule has 100 valence electrons. The number of hydrazine groups is 1. The molecule has 0 aliphatic carbocycles. The normalized spacial score (nSPS) is 12.5. The van der Waals surface area contributed by atoms with Crippen molar-refractivity contribution in [3.05, 3.63) is 68.9 Å². The highest BCUT2D eigenvalue weighted by Crippen LogP contribution is 2.30. The highest BCUT2D eigenvalue weighted by molar-refractivity contribution is 9.10. The van der Waals surface area contributed by atoms with E-state index in [0.29, 0.717) is 5.56 Å². The summed E-state index contributed by atoms with van der Waals surface area (Å²) in [7, 11) is 0. The maximum Gasteiger partial charge on any atom is 0.128 e. The third kappa shape index (κ3) is 3.03. The second-order valence-electron chi connectivity index (χ2n) is 4.65. The predicted octanol–water partition coefficient (Wildman–Crippen LogP) is 3.76. The Morgan fingerprint density at radius 2 is 1.68 bits per heavy atom. The van der Waals surface area contributed by atoms with Gasteiger partial charge in [-0.3, -0.25) is 5.84 Å². The van der Waals surface area contributed by atoms with Gasteiger partial charge in [0.1, 0.15) is 5.82 Å². The molecule has 0 aliphatic rings. The molecule has 0 heterocycles. The number of hydrogen-bond donors (Lipinski definition) is 2. The van der Waals surface area contributed by atoms with Crippen LogP contribution in [0.2, 0.25) is 0 Å². The van der Waals surface area contributed by atoms with Gasteiger partial charge < -0.3 is 0 Å². The molecule has 0 amide bonds. The van der Waals surface area contributed by atoms with Gasteiger partial charge in [-0.2, -0.15) is 0 Å². The van der Waals surface area contributed by atoms with Crippen LogP contribution in [0.5, 0.6) is 0 Å². The summed E-state index contributed by atoms with van der Waals surface area (Å²) >= 11 is 3.51. The molecular formula is C15H16BrFN2. The first-order chi connectivity index (χ1) is 9.02. The first-order valence-corrected chi connectivity index (χ1v) is 6.80. The molecule has 2 aromatic carbocycles. The minimum absolute atomic E-state index is 0.263. The lowest BCUT2D eigenvalue weighted by atomic mass is 9.96. The molecule has 1 atom stereocenters. The largest absolute Gasteiger partial charge is 0.271 e. The second kappa shape index (κ2) is 5.82. The Kier molecular flexibility index (Phi) is 4.34. The maximum absolute atomic E-state index is 14.0. The number of hydrogen-bond acceptors (Lipinski definition) is 2. The summed E-state index contributed by atoms with van der Waals surface area (Å²) in [6.45, 7) is 3.94. The Hall–Kier alpha value is -1.23. The number of benzene rings is 2. The van der Waals surface area contributed by atoms with Gasteiger partial charge in [-0.15, -0.1) is 0 Å². The molecule has 19 heavy (non-hydrogen) atoms. The van der Waals surface area contributed by atoms with Crippen LogP contribution in [0.3, 0.4) is 0 Å². The van der Waals surface area contributed by atoms with Gasteiger partial charge in [0.05, 0.1) is 6.04 Å². The van der Waals surface area contributed by atoms with Crippen LogP contribution in [0.25, 0.3) is 0 Å². The fraction of sp³-hybridized carbons (Fsp3) is 0.200. The van der Waals surface area contributed by atoms with Crippen LogP contribution in [0.1, 0.15) is 28.3 Å². The zero-order valence-electron chi connectivity index (χ0n) is 10.9. The number of aryl methyl sites for hydroxylation is 2. The molecule has 3 N–H and O–H groups in total. The lowest BCUT2D eigenvalue weighted by Crippen LogP contribution is -2.30. The molecule has 1 unspecified atom stereocenters. The SMILES string of the molecule is Cc1ccc(C(NN)c2cc(C)ccc2F)c(Br)c1. The molecule has 2 aromatic rings. The Morgan fingerprint density at radius 3 is 2.32 bits per heavy atom. The van der Waals surface area contributed by atoms with E-state index in [1.54, 1.807) is 6.07 Å². The predicted molar refractivity (Wildman–Crippen MR) is 79.2 cm³/mol. The molecule has 0 aromatic heterocycles. The van der Waals surface area contributed by atoms with E-state index in [9.17, 15) is 4.39 Å². The van der Waals surface area contributed by atoms with Gasteiger partial charge in [0.2, 0.25) is 0 Å². The van der Waals surface area contributed by atoms with E-state index in [2.05, 4.69) is 21.4 Å². The Labute approximate surface area is 120 Å². The Balaban J connectivity index is 2.52. The standard InChI is InChI=1S/C15H16BrFN2/c1-9-4-6-14(17)12(7-9)15(19-18)11-5-3-10(2)8-13(11)16/h3-8,15,19H,18H2,1-2H3. The van der Waals surface area contributed by atoms with E-state index in [1.807, 2.05) is 38.1 Å². The summed E-state index contributed by atoms with van der Waals surface area (Å²) in [5, 5.41) is 0. The average molecular weight is 323 g/mol. The van der Waals surface area contributed by atoms with Gasteiger partial charge in [0.25, 0.3) is 0 Å². The van der Waals surface area contributed by atoms with Crippen LogP contribution < -0.4 is 11.3 Å². The van der Waals surface area contributed by atoms with Crippen molar-refractivity contribution in [2.45, 2.75) is 19.9 Å². The van der Waals surface area contributed by atoms with Gasteiger partial charge in [-0.1, -0.05) is 45.8 Å². The molecule has 0 saturated carbocycles. The van der Waals surface area contributed by atoms with E-state index in [1.165, 1.54) is 6.07 Å². The van der Waals surface area contributed by atoms with Crippen LogP contribution >= 0.6 is 15.9 Å². The summed E-state index contributed by atoms with van der Waals surface area (Å²) in [5.74, 6) is 5.36. The van der Waals surface area contributed by atoms with E-state index in [0.717, 1.165) is 21.2 Å². The van der Waals surface area contributed by atoms with Crippen molar-refractivity contribution in [3.8, 4) is 0 Å². The van der Waals surface area contributed by atoms with Gasteiger partial charge in [-0.05, 0) is 37.1 Å². The zero-order valence-corrected chi connectivity index (χ0v) is 12.5. The van der Waals surface area contributed by atoms with Crippen molar-refractivity contribution in [2.75, 3.05) is 0 Å². The molecule has 0 radical (unpaired) electrons. The summed E-state index contributed by atoms with van der Waals surface area (Å²) in [6, 6.07) is 10.6. The van der Waals surface area contributed by atoms with Crippen molar-refractivity contribution in [3.63, 3.8) is 0 Å². The van der Waals surface area contributed by atoms with Gasteiger partial charge in [0.15, 0.2) is 0 Å². The molecule has 2 nitrogen and oxygen atoms in total. The van der Waals surface area contributed by atoms with Crippen molar-refractivity contribution < 1.29 is 4.39 Å². The Morgan fingerprint density at radius 1 is 1.05 bits per heavy atom. The summed E-state index contributed by atoms with van der Waals surface area (Å²) < 4.78 is 14.9. The van der Waals surface area contributed by atoms with Crippen molar-refractivity contribution in [1.82, 2.24) is 5.43 Å². The van der Waals surface area contributed by atoms with Crippen molar-refractivity contribution >= 4 is 15.9 Å².